The largest absolute Gasteiger partial charge is 0.416 e. The minimum Gasteiger partial charge on any atom is -0.416 e. The Hall–Kier alpha value is -0.233. The van der Waals surface area contributed by atoms with Gasteiger partial charge in [0.2, 0.25) is 0 Å². The third-order valence-corrected chi connectivity index (χ3v) is 9.23. The predicted octanol–water partition coefficient (Wildman–Crippen LogP) is 3.98. The average molecular weight is 290 g/mol. The molecule has 0 aliphatic carbocycles. The van der Waals surface area contributed by atoms with Crippen molar-refractivity contribution in [3.05, 3.63) is 22.1 Å². The summed E-state index contributed by atoms with van der Waals surface area (Å²) < 4.78 is 19.1. The molecule has 1 atom stereocenters. The van der Waals surface area contributed by atoms with E-state index in [-0.39, 0.29) is 23.4 Å². The summed E-state index contributed by atoms with van der Waals surface area (Å²) in [7, 11) is -1.81. The summed E-state index contributed by atoms with van der Waals surface area (Å²) in [5, 5.41) is 11.0. The Balaban J connectivity index is 2.66. The van der Waals surface area contributed by atoms with Crippen LogP contribution in [-0.4, -0.2) is 26.6 Å². The van der Waals surface area contributed by atoms with Crippen LogP contribution >= 0.6 is 11.3 Å². The summed E-state index contributed by atoms with van der Waals surface area (Å²) in [4.78, 5) is 0.855. The number of hydrogen-bond donors (Lipinski definition) is 1. The number of hydrogen-bond acceptors (Lipinski definition) is 3. The van der Waals surface area contributed by atoms with Gasteiger partial charge < -0.3 is 9.53 Å². The van der Waals surface area contributed by atoms with Gasteiger partial charge in [0.05, 0.1) is 6.61 Å². The van der Waals surface area contributed by atoms with Crippen molar-refractivity contribution in [1.29, 1.82) is 0 Å². The van der Waals surface area contributed by atoms with E-state index in [1.807, 2.05) is 0 Å². The second kappa shape index (κ2) is 5.82. The summed E-state index contributed by atoms with van der Waals surface area (Å²) in [5.41, 5.74) is 0. The van der Waals surface area contributed by atoms with E-state index in [4.69, 9.17) is 4.43 Å². The SMILES string of the molecule is CC(C)(C)[Si](C)(C)OC[C@H](CO)c1cc(F)cs1. The van der Waals surface area contributed by atoms with Crippen LogP contribution in [-0.2, 0) is 4.43 Å². The third kappa shape index (κ3) is 3.88. The molecule has 0 unspecified atom stereocenters. The van der Waals surface area contributed by atoms with Crippen LogP contribution in [0.4, 0.5) is 4.39 Å². The molecule has 0 amide bonds. The zero-order valence-electron chi connectivity index (χ0n) is 11.8. The number of aliphatic hydroxyl groups excluding tert-OH is 1. The van der Waals surface area contributed by atoms with Crippen molar-refractivity contribution in [3.63, 3.8) is 0 Å². The smallest absolute Gasteiger partial charge is 0.192 e. The van der Waals surface area contributed by atoms with Crippen molar-refractivity contribution >= 4 is 19.7 Å². The van der Waals surface area contributed by atoms with E-state index in [2.05, 4.69) is 33.9 Å². The minimum atomic E-state index is -1.81. The van der Waals surface area contributed by atoms with Crippen molar-refractivity contribution < 1.29 is 13.9 Å². The van der Waals surface area contributed by atoms with Gasteiger partial charge in [0.15, 0.2) is 8.32 Å². The van der Waals surface area contributed by atoms with E-state index in [1.54, 1.807) is 0 Å². The minimum absolute atomic E-state index is 0.00538. The Morgan fingerprint density at radius 1 is 1.44 bits per heavy atom. The molecule has 0 aliphatic heterocycles. The van der Waals surface area contributed by atoms with Gasteiger partial charge in [-0.1, -0.05) is 20.8 Å². The van der Waals surface area contributed by atoms with Gasteiger partial charge in [-0.25, -0.2) is 4.39 Å². The van der Waals surface area contributed by atoms with Crippen LogP contribution in [0.1, 0.15) is 31.6 Å². The molecule has 104 valence electrons. The van der Waals surface area contributed by atoms with Crippen LogP contribution in [0.2, 0.25) is 18.1 Å². The fourth-order valence-electron chi connectivity index (χ4n) is 1.29. The lowest BCUT2D eigenvalue weighted by atomic mass is 10.1. The first kappa shape index (κ1) is 15.8. The van der Waals surface area contributed by atoms with E-state index >= 15 is 0 Å². The fraction of sp³-hybridized carbons (Fsp3) is 0.692. The maximum Gasteiger partial charge on any atom is 0.192 e. The molecule has 1 N–H and O–H groups in total. The average Bonchev–Trinajstić information content (AvgIpc) is 2.64. The summed E-state index contributed by atoms with van der Waals surface area (Å²) in [6.45, 7) is 11.3. The summed E-state index contributed by atoms with van der Waals surface area (Å²) in [5.74, 6) is -0.352. The van der Waals surface area contributed by atoms with Crippen LogP contribution in [0.5, 0.6) is 0 Å². The van der Waals surface area contributed by atoms with E-state index in [0.717, 1.165) is 4.88 Å². The Bertz CT molecular complexity index is 385. The van der Waals surface area contributed by atoms with Crippen LogP contribution < -0.4 is 0 Å². The van der Waals surface area contributed by atoms with E-state index in [0.29, 0.717) is 6.61 Å². The molecule has 0 bridgehead atoms. The van der Waals surface area contributed by atoms with Gasteiger partial charge in [-0.2, -0.15) is 0 Å². The quantitative estimate of drug-likeness (QED) is 0.831. The van der Waals surface area contributed by atoms with Gasteiger partial charge in [0.1, 0.15) is 5.82 Å². The van der Waals surface area contributed by atoms with E-state index in [9.17, 15) is 9.50 Å². The summed E-state index contributed by atoms with van der Waals surface area (Å²) >= 11 is 1.34. The number of rotatable bonds is 5. The molecule has 0 fully saturated rings. The molecular weight excluding hydrogens is 267 g/mol. The first-order chi connectivity index (χ1) is 8.17. The van der Waals surface area contributed by atoms with Gasteiger partial charge in [-0.3, -0.25) is 0 Å². The molecule has 5 heteroatoms. The molecule has 0 aromatic carbocycles. The second-order valence-electron chi connectivity index (χ2n) is 6.12. The normalized spacial score (nSPS) is 14.8. The van der Waals surface area contributed by atoms with Crippen molar-refractivity contribution in [1.82, 2.24) is 0 Å². The number of halogens is 1. The molecule has 0 aliphatic rings. The van der Waals surface area contributed by atoms with Crippen molar-refractivity contribution in [2.24, 2.45) is 0 Å². The Morgan fingerprint density at radius 2 is 2.06 bits per heavy atom. The Kier molecular flexibility index (Phi) is 5.11. The van der Waals surface area contributed by atoms with Gasteiger partial charge in [0, 0.05) is 22.8 Å². The number of aliphatic hydroxyl groups is 1. The molecule has 0 saturated heterocycles. The first-order valence-electron chi connectivity index (χ1n) is 6.16. The molecule has 1 aromatic heterocycles. The monoisotopic (exact) mass is 290 g/mol. The van der Waals surface area contributed by atoms with Gasteiger partial charge >= 0.3 is 0 Å². The maximum atomic E-state index is 13.0. The van der Waals surface area contributed by atoms with Crippen molar-refractivity contribution in [2.75, 3.05) is 13.2 Å². The van der Waals surface area contributed by atoms with E-state index < -0.39 is 8.32 Å². The molecular formula is C13H23FO2SSi. The standard InChI is InChI=1S/C13H23FO2SSi/c1-13(2,3)18(4,5)16-8-10(7-15)12-6-11(14)9-17-12/h6,9-10,15H,7-8H2,1-5H3/t10-/m0/s1. The molecule has 18 heavy (non-hydrogen) atoms. The third-order valence-electron chi connectivity index (χ3n) is 3.66. The number of thiophene rings is 1. The van der Waals surface area contributed by atoms with Crippen LogP contribution in [0.25, 0.3) is 0 Å². The highest BCUT2D eigenvalue weighted by Crippen LogP contribution is 2.37. The summed E-state index contributed by atoms with van der Waals surface area (Å²) in [6.07, 6.45) is 0. The molecule has 1 heterocycles. The topological polar surface area (TPSA) is 29.5 Å². The highest BCUT2D eigenvalue weighted by Gasteiger charge is 2.37. The first-order valence-corrected chi connectivity index (χ1v) is 9.95. The Labute approximate surface area is 114 Å². The lowest BCUT2D eigenvalue weighted by Gasteiger charge is -2.37. The predicted molar refractivity (Wildman–Crippen MR) is 77.3 cm³/mol. The second-order valence-corrected chi connectivity index (χ2v) is 11.9. The highest BCUT2D eigenvalue weighted by atomic mass is 32.1. The van der Waals surface area contributed by atoms with Gasteiger partial charge in [-0.15, -0.1) is 11.3 Å². The van der Waals surface area contributed by atoms with Crippen LogP contribution in [0.15, 0.2) is 11.4 Å². The fourth-order valence-corrected chi connectivity index (χ4v) is 3.18. The molecule has 2 nitrogen and oxygen atoms in total. The highest BCUT2D eigenvalue weighted by molar-refractivity contribution is 7.10. The van der Waals surface area contributed by atoms with Crippen LogP contribution in [0.3, 0.4) is 0 Å². The van der Waals surface area contributed by atoms with Crippen LogP contribution in [0, 0.1) is 5.82 Å². The zero-order valence-corrected chi connectivity index (χ0v) is 13.6. The Morgan fingerprint density at radius 3 is 2.44 bits per heavy atom. The molecule has 0 radical (unpaired) electrons. The molecule has 1 aromatic rings. The van der Waals surface area contributed by atoms with Crippen molar-refractivity contribution in [2.45, 2.75) is 44.8 Å². The van der Waals surface area contributed by atoms with Crippen molar-refractivity contribution in [3.8, 4) is 0 Å². The zero-order chi connectivity index (χ0) is 14.0. The van der Waals surface area contributed by atoms with Gasteiger partial charge in [-0.05, 0) is 24.2 Å². The lowest BCUT2D eigenvalue weighted by Crippen LogP contribution is -2.41. The summed E-state index contributed by atoms with van der Waals surface area (Å²) in [6, 6.07) is 1.49. The lowest BCUT2D eigenvalue weighted by molar-refractivity contribution is 0.196. The molecule has 0 saturated carbocycles. The van der Waals surface area contributed by atoms with E-state index in [1.165, 1.54) is 22.8 Å². The molecule has 0 spiro atoms. The maximum absolute atomic E-state index is 13.0. The molecule has 1 rings (SSSR count). The van der Waals surface area contributed by atoms with Gasteiger partial charge in [0.25, 0.3) is 0 Å².